The number of imidazole rings is 1. The highest BCUT2D eigenvalue weighted by Gasteiger charge is 2.13. The third kappa shape index (κ3) is 4.08. The van der Waals surface area contributed by atoms with Crippen molar-refractivity contribution >= 4 is 11.8 Å². The van der Waals surface area contributed by atoms with Gasteiger partial charge in [0.25, 0.3) is 0 Å². The van der Waals surface area contributed by atoms with Gasteiger partial charge in [-0.25, -0.2) is 9.37 Å². The topological polar surface area (TPSA) is 29.9 Å². The molecule has 0 spiro atoms. The SMILES string of the molecule is CCNC(CSc1ccccc1F)Cc1nccn1C. The van der Waals surface area contributed by atoms with Crippen LogP contribution in [0.2, 0.25) is 0 Å². The van der Waals surface area contributed by atoms with Crippen LogP contribution in [0.25, 0.3) is 0 Å². The Labute approximate surface area is 123 Å². The van der Waals surface area contributed by atoms with E-state index in [-0.39, 0.29) is 11.9 Å². The summed E-state index contributed by atoms with van der Waals surface area (Å²) in [6, 6.07) is 7.19. The van der Waals surface area contributed by atoms with E-state index < -0.39 is 0 Å². The molecule has 0 aliphatic carbocycles. The second kappa shape index (κ2) is 7.45. The summed E-state index contributed by atoms with van der Waals surface area (Å²) in [4.78, 5) is 5.05. The van der Waals surface area contributed by atoms with E-state index in [0.29, 0.717) is 4.90 Å². The molecular formula is C15H20FN3S. The molecular weight excluding hydrogens is 273 g/mol. The van der Waals surface area contributed by atoms with E-state index in [4.69, 9.17) is 0 Å². The molecule has 2 aromatic rings. The highest BCUT2D eigenvalue weighted by Crippen LogP contribution is 2.22. The molecule has 108 valence electrons. The Morgan fingerprint density at radius 3 is 2.85 bits per heavy atom. The smallest absolute Gasteiger partial charge is 0.136 e. The van der Waals surface area contributed by atoms with Gasteiger partial charge in [0.1, 0.15) is 11.6 Å². The van der Waals surface area contributed by atoms with Gasteiger partial charge in [-0.1, -0.05) is 19.1 Å². The number of rotatable bonds is 7. The molecule has 1 N–H and O–H groups in total. The fourth-order valence-electron chi connectivity index (χ4n) is 2.04. The first-order valence-electron chi connectivity index (χ1n) is 6.77. The zero-order valence-corrected chi connectivity index (χ0v) is 12.7. The second-order valence-electron chi connectivity index (χ2n) is 4.65. The van der Waals surface area contributed by atoms with Crippen molar-refractivity contribution in [2.24, 2.45) is 7.05 Å². The summed E-state index contributed by atoms with van der Waals surface area (Å²) in [5.41, 5.74) is 0. The first-order chi connectivity index (χ1) is 9.70. The Kier molecular flexibility index (Phi) is 5.61. The Bertz CT molecular complexity index is 541. The summed E-state index contributed by atoms with van der Waals surface area (Å²) in [5, 5.41) is 3.44. The maximum Gasteiger partial charge on any atom is 0.136 e. The van der Waals surface area contributed by atoms with Gasteiger partial charge in [0.2, 0.25) is 0 Å². The summed E-state index contributed by atoms with van der Waals surface area (Å²) in [6.07, 6.45) is 4.60. The van der Waals surface area contributed by atoms with E-state index in [0.717, 1.165) is 24.5 Å². The molecule has 0 amide bonds. The molecule has 3 nitrogen and oxygen atoms in total. The summed E-state index contributed by atoms with van der Waals surface area (Å²) in [6.45, 7) is 2.98. The van der Waals surface area contributed by atoms with Crippen molar-refractivity contribution in [2.75, 3.05) is 12.3 Å². The van der Waals surface area contributed by atoms with E-state index in [2.05, 4.69) is 17.2 Å². The molecule has 5 heteroatoms. The van der Waals surface area contributed by atoms with Crippen molar-refractivity contribution in [1.29, 1.82) is 0 Å². The van der Waals surface area contributed by atoms with Crippen molar-refractivity contribution in [3.8, 4) is 0 Å². The molecule has 1 aromatic heterocycles. The fraction of sp³-hybridized carbons (Fsp3) is 0.400. The van der Waals surface area contributed by atoms with Crippen molar-refractivity contribution in [3.63, 3.8) is 0 Å². The van der Waals surface area contributed by atoms with Gasteiger partial charge < -0.3 is 9.88 Å². The monoisotopic (exact) mass is 293 g/mol. The highest BCUT2D eigenvalue weighted by molar-refractivity contribution is 7.99. The Balaban J connectivity index is 1.96. The molecule has 0 bridgehead atoms. The van der Waals surface area contributed by atoms with Crippen molar-refractivity contribution in [2.45, 2.75) is 24.3 Å². The minimum atomic E-state index is -0.148. The lowest BCUT2D eigenvalue weighted by Crippen LogP contribution is -2.34. The fourth-order valence-corrected chi connectivity index (χ4v) is 3.04. The van der Waals surface area contributed by atoms with Gasteiger partial charge in [-0.15, -0.1) is 11.8 Å². The van der Waals surface area contributed by atoms with Crippen LogP contribution in [0.15, 0.2) is 41.6 Å². The summed E-state index contributed by atoms with van der Waals surface area (Å²) in [5.74, 6) is 1.72. The van der Waals surface area contributed by atoms with Gasteiger partial charge in [0, 0.05) is 42.6 Å². The van der Waals surface area contributed by atoms with Crippen LogP contribution >= 0.6 is 11.8 Å². The van der Waals surface area contributed by atoms with Gasteiger partial charge in [-0.05, 0) is 18.7 Å². The largest absolute Gasteiger partial charge is 0.338 e. The van der Waals surface area contributed by atoms with Crippen molar-refractivity contribution in [1.82, 2.24) is 14.9 Å². The van der Waals surface area contributed by atoms with Crippen LogP contribution in [0.5, 0.6) is 0 Å². The van der Waals surface area contributed by atoms with Crippen LogP contribution in [0.1, 0.15) is 12.7 Å². The highest BCUT2D eigenvalue weighted by atomic mass is 32.2. The molecule has 0 radical (unpaired) electrons. The predicted molar refractivity (Wildman–Crippen MR) is 81.5 cm³/mol. The molecule has 2 rings (SSSR count). The molecule has 0 fully saturated rings. The number of hydrogen-bond donors (Lipinski definition) is 1. The normalized spacial score (nSPS) is 12.6. The van der Waals surface area contributed by atoms with E-state index in [1.807, 2.05) is 36.1 Å². The molecule has 20 heavy (non-hydrogen) atoms. The van der Waals surface area contributed by atoms with Gasteiger partial charge in [0.05, 0.1) is 0 Å². The van der Waals surface area contributed by atoms with E-state index in [1.165, 1.54) is 6.07 Å². The van der Waals surface area contributed by atoms with Crippen LogP contribution in [0.3, 0.4) is 0 Å². The summed E-state index contributed by atoms with van der Waals surface area (Å²) < 4.78 is 15.6. The molecule has 0 saturated heterocycles. The third-order valence-corrected chi connectivity index (χ3v) is 4.33. The van der Waals surface area contributed by atoms with E-state index >= 15 is 0 Å². The summed E-state index contributed by atoms with van der Waals surface area (Å²) >= 11 is 1.55. The number of aryl methyl sites for hydroxylation is 1. The minimum absolute atomic E-state index is 0.148. The number of thioether (sulfide) groups is 1. The maximum absolute atomic E-state index is 13.6. The Morgan fingerprint density at radius 1 is 1.40 bits per heavy atom. The van der Waals surface area contributed by atoms with Crippen LogP contribution in [0, 0.1) is 5.82 Å². The predicted octanol–water partition coefficient (Wildman–Crippen LogP) is 2.87. The zero-order chi connectivity index (χ0) is 14.4. The number of halogens is 1. The standard InChI is InChI=1S/C15H20FN3S/c1-3-17-12(10-15-18-8-9-19(15)2)11-20-14-7-5-4-6-13(14)16/h4-9,12,17H,3,10-11H2,1-2H3. The molecule has 0 saturated carbocycles. The average Bonchev–Trinajstić information content (AvgIpc) is 2.83. The Morgan fingerprint density at radius 2 is 2.20 bits per heavy atom. The van der Waals surface area contributed by atoms with E-state index in [9.17, 15) is 4.39 Å². The lowest BCUT2D eigenvalue weighted by molar-refractivity contribution is 0.549. The van der Waals surface area contributed by atoms with Gasteiger partial charge >= 0.3 is 0 Å². The minimum Gasteiger partial charge on any atom is -0.338 e. The number of benzene rings is 1. The first-order valence-corrected chi connectivity index (χ1v) is 7.76. The number of aromatic nitrogens is 2. The summed E-state index contributed by atoms with van der Waals surface area (Å²) in [7, 11) is 2.00. The number of hydrogen-bond acceptors (Lipinski definition) is 3. The van der Waals surface area contributed by atoms with Crippen LogP contribution < -0.4 is 5.32 Å². The number of nitrogens with one attached hydrogen (secondary N) is 1. The molecule has 0 aliphatic rings. The molecule has 1 unspecified atom stereocenters. The van der Waals surface area contributed by atoms with Crippen LogP contribution in [-0.4, -0.2) is 27.9 Å². The third-order valence-electron chi connectivity index (χ3n) is 3.12. The van der Waals surface area contributed by atoms with Gasteiger partial charge in [-0.3, -0.25) is 0 Å². The molecule has 1 heterocycles. The van der Waals surface area contributed by atoms with E-state index in [1.54, 1.807) is 17.8 Å². The quantitative estimate of drug-likeness (QED) is 0.796. The number of likely N-dealkylation sites (N-methyl/N-ethyl adjacent to an activating group) is 1. The molecule has 1 atom stereocenters. The lowest BCUT2D eigenvalue weighted by Gasteiger charge is -2.17. The first kappa shape index (κ1) is 15.1. The average molecular weight is 293 g/mol. The van der Waals surface area contributed by atoms with Gasteiger partial charge in [-0.2, -0.15) is 0 Å². The van der Waals surface area contributed by atoms with Crippen LogP contribution in [-0.2, 0) is 13.5 Å². The van der Waals surface area contributed by atoms with Crippen LogP contribution in [0.4, 0.5) is 4.39 Å². The maximum atomic E-state index is 13.6. The second-order valence-corrected chi connectivity index (χ2v) is 5.72. The van der Waals surface area contributed by atoms with Crippen molar-refractivity contribution < 1.29 is 4.39 Å². The zero-order valence-electron chi connectivity index (χ0n) is 11.8. The molecule has 0 aliphatic heterocycles. The molecule has 1 aromatic carbocycles. The number of nitrogens with zero attached hydrogens (tertiary/aromatic N) is 2. The van der Waals surface area contributed by atoms with Gasteiger partial charge in [0.15, 0.2) is 0 Å². The van der Waals surface area contributed by atoms with Crippen molar-refractivity contribution in [3.05, 3.63) is 48.3 Å². The lowest BCUT2D eigenvalue weighted by atomic mass is 10.2. The Hall–Kier alpha value is -1.33.